The van der Waals surface area contributed by atoms with E-state index in [0.29, 0.717) is 6.04 Å². The van der Waals surface area contributed by atoms with Gasteiger partial charge in [0.25, 0.3) is 0 Å². The van der Waals surface area contributed by atoms with Gasteiger partial charge in [-0.05, 0) is 19.1 Å². The Balaban J connectivity index is 1.54. The summed E-state index contributed by atoms with van der Waals surface area (Å²) in [6, 6.07) is 4.27. The summed E-state index contributed by atoms with van der Waals surface area (Å²) in [6.07, 6.45) is 9.32. The fourth-order valence-electron chi connectivity index (χ4n) is 3.12. The van der Waals surface area contributed by atoms with Gasteiger partial charge in [0.15, 0.2) is 0 Å². The molecule has 0 fully saturated rings. The molecule has 6 nitrogen and oxygen atoms in total. The Bertz CT molecular complexity index is 729. The van der Waals surface area contributed by atoms with Crippen molar-refractivity contribution < 1.29 is 4.42 Å². The fourth-order valence-corrected chi connectivity index (χ4v) is 3.12. The molecule has 0 saturated carbocycles. The van der Waals surface area contributed by atoms with Crippen LogP contribution < -0.4 is 0 Å². The zero-order chi connectivity index (χ0) is 14.9. The summed E-state index contributed by atoms with van der Waals surface area (Å²) in [6.45, 7) is 5.87. The maximum atomic E-state index is 5.17. The van der Waals surface area contributed by atoms with E-state index in [1.165, 1.54) is 11.3 Å². The molecule has 114 valence electrons. The van der Waals surface area contributed by atoms with E-state index in [1.54, 1.807) is 6.26 Å². The molecule has 6 heteroatoms. The zero-order valence-electron chi connectivity index (χ0n) is 12.6. The highest BCUT2D eigenvalue weighted by atomic mass is 16.3. The quantitative estimate of drug-likeness (QED) is 0.741. The first-order valence-corrected chi connectivity index (χ1v) is 7.58. The third-order valence-corrected chi connectivity index (χ3v) is 4.35. The van der Waals surface area contributed by atoms with E-state index in [-0.39, 0.29) is 0 Å². The SMILES string of the molecule is CC1c2ncc(Cn3cccn3)n2CCN1Cc1ccoc1. The van der Waals surface area contributed by atoms with Gasteiger partial charge in [-0.3, -0.25) is 9.58 Å². The Hall–Kier alpha value is -2.34. The van der Waals surface area contributed by atoms with Gasteiger partial charge in [0.05, 0.1) is 37.0 Å². The van der Waals surface area contributed by atoms with Crippen molar-refractivity contribution in [2.45, 2.75) is 32.6 Å². The number of imidazole rings is 1. The van der Waals surface area contributed by atoms with Crippen molar-refractivity contribution in [3.05, 3.63) is 60.3 Å². The molecular weight excluding hydrogens is 278 g/mol. The lowest BCUT2D eigenvalue weighted by molar-refractivity contribution is 0.154. The summed E-state index contributed by atoms with van der Waals surface area (Å²) in [5.74, 6) is 1.14. The van der Waals surface area contributed by atoms with Crippen LogP contribution in [0.25, 0.3) is 0 Å². The van der Waals surface area contributed by atoms with Gasteiger partial charge >= 0.3 is 0 Å². The first-order chi connectivity index (χ1) is 10.8. The normalized spacial score (nSPS) is 18.5. The van der Waals surface area contributed by atoms with Gasteiger partial charge in [-0.1, -0.05) is 0 Å². The van der Waals surface area contributed by atoms with E-state index in [0.717, 1.165) is 32.0 Å². The van der Waals surface area contributed by atoms with Crippen LogP contribution in [0.15, 0.2) is 47.7 Å². The van der Waals surface area contributed by atoms with Crippen molar-refractivity contribution in [1.29, 1.82) is 0 Å². The molecule has 1 aliphatic rings. The van der Waals surface area contributed by atoms with Crippen LogP contribution in [-0.4, -0.2) is 30.8 Å². The first-order valence-electron chi connectivity index (χ1n) is 7.58. The van der Waals surface area contributed by atoms with Crippen molar-refractivity contribution in [3.63, 3.8) is 0 Å². The van der Waals surface area contributed by atoms with Gasteiger partial charge < -0.3 is 8.98 Å². The summed E-state index contributed by atoms with van der Waals surface area (Å²) in [7, 11) is 0. The Labute approximate surface area is 129 Å². The summed E-state index contributed by atoms with van der Waals surface area (Å²) >= 11 is 0. The first kappa shape index (κ1) is 13.3. The van der Waals surface area contributed by atoms with Gasteiger partial charge in [-0.2, -0.15) is 5.10 Å². The molecule has 0 aliphatic carbocycles. The number of hydrogen-bond donors (Lipinski definition) is 0. The van der Waals surface area contributed by atoms with Gasteiger partial charge in [-0.25, -0.2) is 4.98 Å². The lowest BCUT2D eigenvalue weighted by Gasteiger charge is -2.34. The molecule has 0 amide bonds. The maximum Gasteiger partial charge on any atom is 0.126 e. The zero-order valence-corrected chi connectivity index (χ0v) is 12.6. The van der Waals surface area contributed by atoms with E-state index >= 15 is 0 Å². The molecule has 0 radical (unpaired) electrons. The number of rotatable bonds is 4. The fraction of sp³-hybridized carbons (Fsp3) is 0.375. The summed E-state index contributed by atoms with van der Waals surface area (Å²) in [5.41, 5.74) is 2.43. The predicted molar refractivity (Wildman–Crippen MR) is 81.1 cm³/mol. The number of aromatic nitrogens is 4. The molecule has 0 saturated heterocycles. The van der Waals surface area contributed by atoms with E-state index in [9.17, 15) is 0 Å². The van der Waals surface area contributed by atoms with Crippen molar-refractivity contribution in [1.82, 2.24) is 24.2 Å². The molecule has 0 aromatic carbocycles. The monoisotopic (exact) mass is 297 g/mol. The molecule has 22 heavy (non-hydrogen) atoms. The van der Waals surface area contributed by atoms with Gasteiger partial charge in [0, 0.05) is 37.6 Å². The second-order valence-corrected chi connectivity index (χ2v) is 5.74. The van der Waals surface area contributed by atoms with Crippen LogP contribution in [0.2, 0.25) is 0 Å². The maximum absolute atomic E-state index is 5.17. The molecule has 4 heterocycles. The van der Waals surface area contributed by atoms with E-state index < -0.39 is 0 Å². The Morgan fingerprint density at radius 2 is 2.27 bits per heavy atom. The van der Waals surface area contributed by atoms with Crippen molar-refractivity contribution in [3.8, 4) is 0 Å². The number of nitrogens with zero attached hydrogens (tertiary/aromatic N) is 5. The molecule has 0 N–H and O–H groups in total. The highest BCUT2D eigenvalue weighted by molar-refractivity contribution is 5.13. The van der Waals surface area contributed by atoms with Crippen molar-refractivity contribution in [2.24, 2.45) is 0 Å². The van der Waals surface area contributed by atoms with Crippen LogP contribution in [0.3, 0.4) is 0 Å². The highest BCUT2D eigenvalue weighted by Gasteiger charge is 2.27. The van der Waals surface area contributed by atoms with Crippen LogP contribution in [-0.2, 0) is 19.6 Å². The molecule has 3 aromatic heterocycles. The second-order valence-electron chi connectivity index (χ2n) is 5.74. The smallest absolute Gasteiger partial charge is 0.126 e. The standard InChI is InChI=1S/C16H19N5O/c1-13-16-17-9-15(11-20-5-2-4-18-20)21(16)7-6-19(13)10-14-3-8-22-12-14/h2-5,8-9,12-13H,6-7,10-11H2,1H3. The molecule has 1 atom stereocenters. The Morgan fingerprint density at radius 1 is 1.32 bits per heavy atom. The van der Waals surface area contributed by atoms with Gasteiger partial charge in [0.2, 0.25) is 0 Å². The minimum absolute atomic E-state index is 0.301. The topological polar surface area (TPSA) is 52.0 Å². The molecule has 4 rings (SSSR count). The largest absolute Gasteiger partial charge is 0.472 e. The summed E-state index contributed by atoms with van der Waals surface area (Å²) < 4.78 is 9.44. The third-order valence-electron chi connectivity index (χ3n) is 4.35. The Morgan fingerprint density at radius 3 is 3.05 bits per heavy atom. The lowest BCUT2D eigenvalue weighted by atomic mass is 10.2. The lowest BCUT2D eigenvalue weighted by Crippen LogP contribution is -2.37. The average molecular weight is 297 g/mol. The molecule has 1 aliphatic heterocycles. The predicted octanol–water partition coefficient (Wildman–Crippen LogP) is 2.30. The van der Waals surface area contributed by atoms with Crippen LogP contribution in [0, 0.1) is 0 Å². The van der Waals surface area contributed by atoms with Crippen molar-refractivity contribution >= 4 is 0 Å². The summed E-state index contributed by atoms with van der Waals surface area (Å²) in [5, 5.41) is 4.28. The van der Waals surface area contributed by atoms with Crippen LogP contribution in [0.4, 0.5) is 0 Å². The van der Waals surface area contributed by atoms with Crippen LogP contribution in [0.1, 0.15) is 30.0 Å². The molecular formula is C16H19N5O. The van der Waals surface area contributed by atoms with Crippen LogP contribution >= 0.6 is 0 Å². The minimum atomic E-state index is 0.301. The number of fused-ring (bicyclic) bond motifs is 1. The molecule has 0 spiro atoms. The van der Waals surface area contributed by atoms with Crippen LogP contribution in [0.5, 0.6) is 0 Å². The third kappa shape index (κ3) is 2.35. The highest BCUT2D eigenvalue weighted by Crippen LogP contribution is 2.27. The van der Waals surface area contributed by atoms with E-state index in [2.05, 4.69) is 26.5 Å². The van der Waals surface area contributed by atoms with Gasteiger partial charge in [0.1, 0.15) is 5.82 Å². The Kier molecular flexibility index (Phi) is 3.31. The number of furan rings is 1. The molecule has 1 unspecified atom stereocenters. The molecule has 0 bridgehead atoms. The second kappa shape index (κ2) is 5.46. The van der Waals surface area contributed by atoms with Crippen molar-refractivity contribution in [2.75, 3.05) is 6.54 Å². The minimum Gasteiger partial charge on any atom is -0.472 e. The van der Waals surface area contributed by atoms with E-state index in [1.807, 2.05) is 41.7 Å². The number of hydrogen-bond acceptors (Lipinski definition) is 4. The summed E-state index contributed by atoms with van der Waals surface area (Å²) in [4.78, 5) is 7.09. The molecule has 3 aromatic rings. The van der Waals surface area contributed by atoms with Gasteiger partial charge in [-0.15, -0.1) is 0 Å². The average Bonchev–Trinajstić information content (AvgIpc) is 3.25. The van der Waals surface area contributed by atoms with E-state index in [4.69, 9.17) is 4.42 Å².